The molecular formula is C18H18ClNO3. The van der Waals surface area contributed by atoms with E-state index in [9.17, 15) is 9.59 Å². The highest BCUT2D eigenvalue weighted by Gasteiger charge is 2.10. The molecule has 0 aliphatic carbocycles. The Bertz CT molecular complexity index is 678. The number of carbonyl (C=O) groups is 2. The van der Waals surface area contributed by atoms with Crippen molar-refractivity contribution in [2.24, 2.45) is 5.92 Å². The van der Waals surface area contributed by atoms with Crippen molar-refractivity contribution < 1.29 is 14.3 Å². The second-order valence-electron chi connectivity index (χ2n) is 5.42. The quantitative estimate of drug-likeness (QED) is 0.831. The van der Waals surface area contributed by atoms with Crippen LogP contribution in [0.3, 0.4) is 0 Å². The maximum atomic E-state index is 12.0. The Labute approximate surface area is 140 Å². The zero-order valence-electron chi connectivity index (χ0n) is 13.0. The molecule has 0 aromatic heterocycles. The predicted octanol–water partition coefficient (Wildman–Crippen LogP) is 4.29. The fraction of sp³-hybridized carbons (Fsp3) is 0.222. The maximum absolute atomic E-state index is 12.0. The molecule has 0 aliphatic heterocycles. The van der Waals surface area contributed by atoms with E-state index in [0.29, 0.717) is 16.3 Å². The van der Waals surface area contributed by atoms with Crippen LogP contribution in [0.2, 0.25) is 5.02 Å². The van der Waals surface area contributed by atoms with Crippen LogP contribution in [0.25, 0.3) is 0 Å². The Morgan fingerprint density at radius 3 is 2.22 bits per heavy atom. The van der Waals surface area contributed by atoms with E-state index in [1.165, 1.54) is 0 Å². The first kappa shape index (κ1) is 17.0. The van der Waals surface area contributed by atoms with Gasteiger partial charge in [0.25, 0.3) is 0 Å². The second-order valence-corrected chi connectivity index (χ2v) is 5.86. The topological polar surface area (TPSA) is 55.4 Å². The largest absolute Gasteiger partial charge is 0.457 e. The van der Waals surface area contributed by atoms with Crippen molar-refractivity contribution in [3.05, 3.63) is 64.7 Å². The number of ether oxygens (including phenoxy) is 1. The van der Waals surface area contributed by atoms with E-state index in [0.717, 1.165) is 5.56 Å². The van der Waals surface area contributed by atoms with Crippen LogP contribution < -0.4 is 5.32 Å². The highest BCUT2D eigenvalue weighted by atomic mass is 35.5. The zero-order valence-corrected chi connectivity index (χ0v) is 13.8. The molecule has 120 valence electrons. The summed E-state index contributed by atoms with van der Waals surface area (Å²) in [5.74, 6) is -0.580. The zero-order chi connectivity index (χ0) is 16.8. The van der Waals surface area contributed by atoms with Gasteiger partial charge in [0.05, 0.1) is 5.56 Å². The lowest BCUT2D eigenvalue weighted by atomic mass is 10.1. The molecular weight excluding hydrogens is 314 g/mol. The van der Waals surface area contributed by atoms with Crippen molar-refractivity contribution in [1.82, 2.24) is 0 Å². The van der Waals surface area contributed by atoms with E-state index in [4.69, 9.17) is 16.3 Å². The van der Waals surface area contributed by atoms with Crippen LogP contribution in [0, 0.1) is 5.92 Å². The minimum Gasteiger partial charge on any atom is -0.457 e. The first-order chi connectivity index (χ1) is 11.0. The summed E-state index contributed by atoms with van der Waals surface area (Å²) in [7, 11) is 0. The van der Waals surface area contributed by atoms with Crippen molar-refractivity contribution in [3.8, 4) is 0 Å². The van der Waals surface area contributed by atoms with Crippen LogP contribution in [0.4, 0.5) is 5.69 Å². The van der Waals surface area contributed by atoms with E-state index < -0.39 is 5.97 Å². The van der Waals surface area contributed by atoms with E-state index in [1.54, 1.807) is 48.5 Å². The van der Waals surface area contributed by atoms with Gasteiger partial charge in [-0.25, -0.2) is 4.79 Å². The van der Waals surface area contributed by atoms with Crippen LogP contribution in [-0.2, 0) is 16.1 Å². The van der Waals surface area contributed by atoms with Gasteiger partial charge in [-0.15, -0.1) is 0 Å². The molecule has 0 saturated heterocycles. The number of carbonyl (C=O) groups excluding carboxylic acids is 2. The number of rotatable bonds is 5. The third kappa shape index (κ3) is 5.11. The number of benzene rings is 2. The Balaban J connectivity index is 1.92. The van der Waals surface area contributed by atoms with Gasteiger partial charge in [-0.3, -0.25) is 4.79 Å². The minimum absolute atomic E-state index is 0.0666. The monoisotopic (exact) mass is 331 g/mol. The predicted molar refractivity (Wildman–Crippen MR) is 90.5 cm³/mol. The van der Waals surface area contributed by atoms with Crippen molar-refractivity contribution in [2.75, 3.05) is 5.32 Å². The summed E-state index contributed by atoms with van der Waals surface area (Å²) in [6.07, 6.45) is 0. The van der Waals surface area contributed by atoms with E-state index in [-0.39, 0.29) is 18.4 Å². The number of esters is 1. The summed E-state index contributed by atoms with van der Waals surface area (Å²) in [5, 5.41) is 3.41. The fourth-order valence-electron chi connectivity index (χ4n) is 1.79. The van der Waals surface area contributed by atoms with Crippen molar-refractivity contribution in [3.63, 3.8) is 0 Å². The fourth-order valence-corrected chi connectivity index (χ4v) is 1.92. The summed E-state index contributed by atoms with van der Waals surface area (Å²) in [5.41, 5.74) is 1.95. The van der Waals surface area contributed by atoms with E-state index >= 15 is 0 Å². The number of halogens is 1. The minimum atomic E-state index is -0.415. The summed E-state index contributed by atoms with van der Waals surface area (Å²) in [4.78, 5) is 23.6. The molecule has 0 saturated carbocycles. The van der Waals surface area contributed by atoms with Gasteiger partial charge in [0.2, 0.25) is 5.91 Å². The highest BCUT2D eigenvalue weighted by Crippen LogP contribution is 2.14. The lowest BCUT2D eigenvalue weighted by Gasteiger charge is -2.09. The van der Waals surface area contributed by atoms with Gasteiger partial charge < -0.3 is 10.1 Å². The molecule has 0 spiro atoms. The molecule has 4 nitrogen and oxygen atoms in total. The SMILES string of the molecule is CC(C)C(=O)Nc1ccc(C(=O)OCc2ccc(Cl)cc2)cc1. The van der Waals surface area contributed by atoms with E-state index in [2.05, 4.69) is 5.32 Å². The van der Waals surface area contributed by atoms with Crippen LogP contribution in [0.15, 0.2) is 48.5 Å². The molecule has 2 rings (SSSR count). The number of anilines is 1. The first-order valence-electron chi connectivity index (χ1n) is 7.28. The second kappa shape index (κ2) is 7.79. The molecule has 23 heavy (non-hydrogen) atoms. The van der Waals surface area contributed by atoms with Crippen molar-refractivity contribution >= 4 is 29.2 Å². The van der Waals surface area contributed by atoms with E-state index in [1.807, 2.05) is 13.8 Å². The van der Waals surface area contributed by atoms with Gasteiger partial charge in [0.1, 0.15) is 6.61 Å². The summed E-state index contributed by atoms with van der Waals surface area (Å²) in [6.45, 7) is 3.82. The standard InChI is InChI=1S/C18H18ClNO3/c1-12(2)17(21)20-16-9-5-14(6-10-16)18(22)23-11-13-3-7-15(19)8-4-13/h3-10,12H,11H2,1-2H3,(H,20,21). The lowest BCUT2D eigenvalue weighted by Crippen LogP contribution is -2.17. The number of hydrogen-bond acceptors (Lipinski definition) is 3. The van der Waals surface area contributed by atoms with Gasteiger partial charge in [-0.2, -0.15) is 0 Å². The number of hydrogen-bond donors (Lipinski definition) is 1. The average molecular weight is 332 g/mol. The number of nitrogens with one attached hydrogen (secondary N) is 1. The normalized spacial score (nSPS) is 10.4. The molecule has 1 N–H and O–H groups in total. The number of amides is 1. The van der Waals surface area contributed by atoms with Gasteiger partial charge in [0, 0.05) is 16.6 Å². The van der Waals surface area contributed by atoms with Crippen LogP contribution >= 0.6 is 11.6 Å². The molecule has 0 unspecified atom stereocenters. The molecule has 0 heterocycles. The van der Waals surface area contributed by atoms with Crippen molar-refractivity contribution in [1.29, 1.82) is 0 Å². The van der Waals surface area contributed by atoms with Crippen LogP contribution in [0.1, 0.15) is 29.8 Å². The molecule has 0 aliphatic rings. The molecule has 5 heteroatoms. The molecule has 1 amide bonds. The molecule has 0 radical (unpaired) electrons. The van der Waals surface area contributed by atoms with Gasteiger partial charge in [0.15, 0.2) is 0 Å². The van der Waals surface area contributed by atoms with Gasteiger partial charge in [-0.1, -0.05) is 37.6 Å². The summed E-state index contributed by atoms with van der Waals surface area (Å²) >= 11 is 5.80. The Hall–Kier alpha value is -2.33. The highest BCUT2D eigenvalue weighted by molar-refractivity contribution is 6.30. The third-order valence-corrected chi connectivity index (χ3v) is 3.45. The molecule has 0 atom stereocenters. The molecule has 2 aromatic rings. The molecule has 2 aromatic carbocycles. The van der Waals surface area contributed by atoms with Crippen molar-refractivity contribution in [2.45, 2.75) is 20.5 Å². The molecule has 0 bridgehead atoms. The smallest absolute Gasteiger partial charge is 0.338 e. The Morgan fingerprint density at radius 2 is 1.65 bits per heavy atom. The first-order valence-corrected chi connectivity index (χ1v) is 7.66. The summed E-state index contributed by atoms with van der Waals surface area (Å²) in [6, 6.07) is 13.7. The Kier molecular flexibility index (Phi) is 5.77. The van der Waals surface area contributed by atoms with Gasteiger partial charge >= 0.3 is 5.97 Å². The van der Waals surface area contributed by atoms with Crippen LogP contribution in [-0.4, -0.2) is 11.9 Å². The Morgan fingerprint density at radius 1 is 1.04 bits per heavy atom. The van der Waals surface area contributed by atoms with Gasteiger partial charge in [-0.05, 0) is 42.0 Å². The third-order valence-electron chi connectivity index (χ3n) is 3.20. The maximum Gasteiger partial charge on any atom is 0.338 e. The molecule has 0 fully saturated rings. The summed E-state index contributed by atoms with van der Waals surface area (Å²) < 4.78 is 5.24. The lowest BCUT2D eigenvalue weighted by molar-refractivity contribution is -0.118. The average Bonchev–Trinajstić information content (AvgIpc) is 2.54. The van der Waals surface area contributed by atoms with Crippen LogP contribution in [0.5, 0.6) is 0 Å².